The Bertz CT molecular complexity index is 1890. The van der Waals surface area contributed by atoms with Crippen LogP contribution in [0.15, 0.2) is 97.1 Å². The lowest BCUT2D eigenvalue weighted by atomic mass is 9.93. The number of carbonyl (C=O) groups is 1. The van der Waals surface area contributed by atoms with E-state index in [4.69, 9.17) is 32.8 Å². The summed E-state index contributed by atoms with van der Waals surface area (Å²) in [7, 11) is 1.56. The Morgan fingerprint density at radius 2 is 1.56 bits per heavy atom. The summed E-state index contributed by atoms with van der Waals surface area (Å²) in [5.74, 6) is 5.41. The Labute approximate surface area is 320 Å². The van der Waals surface area contributed by atoms with E-state index in [1.54, 1.807) is 26.0 Å². The molecule has 1 N–H and O–H groups in total. The highest BCUT2D eigenvalue weighted by molar-refractivity contribution is 6.99. The summed E-state index contributed by atoms with van der Waals surface area (Å²) in [6.07, 6.45) is -2.48. The van der Waals surface area contributed by atoms with Crippen molar-refractivity contribution < 1.29 is 42.7 Å². The average molecular weight is 753 g/mol. The molecule has 1 unspecified atom stereocenters. The SMILES string of the molecule is COCOc1cc(OC)cc(-c2cccc([C@H]3OC(C)(C)O[C@@H]3C(O)C#CC[C@@H](C)O[Si](c3ccccc3)(c3ccccc3)C(C)(C)C)c2)c1C(=O)OC. The fraction of sp³-hybridized carbons (Fsp3) is 0.386. The third-order valence-electron chi connectivity index (χ3n) is 9.43. The lowest BCUT2D eigenvalue weighted by Crippen LogP contribution is -2.67. The predicted molar refractivity (Wildman–Crippen MR) is 212 cm³/mol. The molecule has 1 saturated heterocycles. The van der Waals surface area contributed by atoms with Crippen molar-refractivity contribution in [2.75, 3.05) is 28.1 Å². The Hall–Kier alpha value is -4.47. The van der Waals surface area contributed by atoms with Crippen molar-refractivity contribution in [3.05, 3.63) is 108 Å². The fourth-order valence-corrected chi connectivity index (χ4v) is 11.8. The molecule has 1 aliphatic rings. The molecular weight excluding hydrogens is 701 g/mol. The quantitative estimate of drug-likeness (QED) is 0.0667. The van der Waals surface area contributed by atoms with Crippen molar-refractivity contribution in [2.45, 2.75) is 83.2 Å². The van der Waals surface area contributed by atoms with Gasteiger partial charge in [-0.1, -0.05) is 111 Å². The molecule has 286 valence electrons. The number of hydrogen-bond acceptors (Lipinski definition) is 9. The molecule has 1 fully saturated rings. The smallest absolute Gasteiger partial charge is 0.342 e. The first-order valence-corrected chi connectivity index (χ1v) is 20.0. The standard InChI is InChI=1S/C44H52O9Si/c1-30(53-54(43(2,3)4,34-21-12-10-13-22-34)35-23-14-11-15-24-35)18-16-25-37(45)41-40(51-44(5,6)52-41)32-20-17-19-31(26-32)36-27-33(48-8)28-38(50-29-47-7)39(36)42(46)49-9/h10-15,17,19-24,26-28,30,37,40-41,45H,18,29H2,1-9H3/t30-,37?,40-,41-/m1/s1. The predicted octanol–water partition coefficient (Wildman–Crippen LogP) is 7.04. The molecule has 0 aromatic heterocycles. The van der Waals surface area contributed by atoms with Crippen LogP contribution in [0.4, 0.5) is 0 Å². The minimum Gasteiger partial charge on any atom is -0.497 e. The van der Waals surface area contributed by atoms with E-state index in [1.807, 2.05) is 43.3 Å². The monoisotopic (exact) mass is 752 g/mol. The van der Waals surface area contributed by atoms with Gasteiger partial charge in [0.1, 0.15) is 35.4 Å². The lowest BCUT2D eigenvalue weighted by Gasteiger charge is -2.44. The molecule has 0 bridgehead atoms. The first-order chi connectivity index (χ1) is 25.7. The molecule has 0 aliphatic carbocycles. The Kier molecular flexibility index (Phi) is 13.1. The van der Waals surface area contributed by atoms with Gasteiger partial charge in [0.2, 0.25) is 0 Å². The molecule has 4 aromatic rings. The summed E-state index contributed by atoms with van der Waals surface area (Å²) in [5.41, 5.74) is 2.15. The molecule has 1 aliphatic heterocycles. The van der Waals surface area contributed by atoms with Crippen LogP contribution in [0, 0.1) is 11.8 Å². The van der Waals surface area contributed by atoms with Crippen LogP contribution in [0.1, 0.15) is 70.0 Å². The number of methoxy groups -OCH3 is 3. The third kappa shape index (κ3) is 8.90. The van der Waals surface area contributed by atoms with Gasteiger partial charge >= 0.3 is 5.97 Å². The van der Waals surface area contributed by atoms with Crippen LogP contribution in [-0.2, 0) is 23.4 Å². The second-order valence-corrected chi connectivity index (χ2v) is 19.1. The van der Waals surface area contributed by atoms with Crippen molar-refractivity contribution in [2.24, 2.45) is 0 Å². The van der Waals surface area contributed by atoms with Crippen molar-refractivity contribution in [1.82, 2.24) is 0 Å². The number of carbonyl (C=O) groups excluding carboxylic acids is 1. The van der Waals surface area contributed by atoms with Gasteiger partial charge < -0.3 is 38.0 Å². The van der Waals surface area contributed by atoms with Crippen LogP contribution in [0.3, 0.4) is 0 Å². The molecule has 54 heavy (non-hydrogen) atoms. The van der Waals surface area contributed by atoms with Crippen LogP contribution in [0.5, 0.6) is 11.5 Å². The normalized spacial score (nSPS) is 17.9. The zero-order valence-electron chi connectivity index (χ0n) is 32.7. The highest BCUT2D eigenvalue weighted by atomic mass is 28.4. The fourth-order valence-electron chi connectivity index (χ4n) is 7.07. The van der Waals surface area contributed by atoms with Crippen molar-refractivity contribution >= 4 is 24.7 Å². The van der Waals surface area contributed by atoms with Crippen molar-refractivity contribution in [1.29, 1.82) is 0 Å². The highest BCUT2D eigenvalue weighted by Gasteiger charge is 2.51. The number of benzene rings is 4. The highest BCUT2D eigenvalue weighted by Crippen LogP contribution is 2.43. The van der Waals surface area contributed by atoms with Crippen molar-refractivity contribution in [3.63, 3.8) is 0 Å². The van der Waals surface area contributed by atoms with E-state index >= 15 is 0 Å². The Morgan fingerprint density at radius 3 is 2.13 bits per heavy atom. The zero-order valence-corrected chi connectivity index (χ0v) is 33.7. The van der Waals surface area contributed by atoms with Crippen LogP contribution in [0.2, 0.25) is 5.04 Å². The third-order valence-corrected chi connectivity index (χ3v) is 14.6. The van der Waals surface area contributed by atoms with Gasteiger partial charge in [0.15, 0.2) is 12.6 Å². The molecule has 0 saturated carbocycles. The van der Waals surface area contributed by atoms with Gasteiger partial charge in [0.05, 0.1) is 20.3 Å². The molecule has 1 heterocycles. The number of ether oxygens (including phenoxy) is 6. The largest absolute Gasteiger partial charge is 0.497 e. The first-order valence-electron chi connectivity index (χ1n) is 18.1. The second-order valence-electron chi connectivity index (χ2n) is 14.8. The van der Waals surface area contributed by atoms with Gasteiger partial charge in [0.25, 0.3) is 8.32 Å². The molecule has 0 radical (unpaired) electrons. The van der Waals surface area contributed by atoms with E-state index in [0.29, 0.717) is 23.3 Å². The first kappa shape index (κ1) is 40.7. The van der Waals surface area contributed by atoms with Crippen LogP contribution >= 0.6 is 0 Å². The van der Waals surface area contributed by atoms with Gasteiger partial charge in [-0.05, 0) is 59.4 Å². The number of rotatable bonds is 13. The number of aliphatic hydroxyl groups is 1. The summed E-state index contributed by atoms with van der Waals surface area (Å²) in [4.78, 5) is 13.1. The van der Waals surface area contributed by atoms with E-state index in [9.17, 15) is 9.90 Å². The number of esters is 1. The van der Waals surface area contributed by atoms with E-state index in [2.05, 4.69) is 81.1 Å². The number of aliphatic hydroxyl groups excluding tert-OH is 1. The Morgan fingerprint density at radius 1 is 0.907 bits per heavy atom. The second kappa shape index (κ2) is 17.3. The zero-order chi connectivity index (χ0) is 39.1. The Balaban J connectivity index is 1.43. The maximum Gasteiger partial charge on any atom is 0.342 e. The van der Waals surface area contributed by atoms with E-state index in [-0.39, 0.29) is 29.2 Å². The topological polar surface area (TPSA) is 102 Å². The molecule has 9 nitrogen and oxygen atoms in total. The van der Waals surface area contributed by atoms with Gasteiger partial charge in [-0.25, -0.2) is 4.79 Å². The lowest BCUT2D eigenvalue weighted by molar-refractivity contribution is -0.152. The molecule has 4 atom stereocenters. The van der Waals surface area contributed by atoms with E-state index in [0.717, 1.165) is 5.56 Å². The summed E-state index contributed by atoms with van der Waals surface area (Å²) in [6.45, 7) is 12.3. The molecular formula is C44H52O9Si. The molecule has 0 amide bonds. The summed E-state index contributed by atoms with van der Waals surface area (Å²) >= 11 is 0. The minimum absolute atomic E-state index is 0.0794. The van der Waals surface area contributed by atoms with Gasteiger partial charge in [-0.2, -0.15) is 0 Å². The minimum atomic E-state index is -2.78. The molecule has 0 spiro atoms. The molecule has 5 rings (SSSR count). The van der Waals surface area contributed by atoms with Crippen LogP contribution < -0.4 is 19.8 Å². The van der Waals surface area contributed by atoms with Gasteiger partial charge in [0, 0.05) is 25.2 Å². The summed E-state index contributed by atoms with van der Waals surface area (Å²) in [6, 6.07) is 31.8. The maximum absolute atomic E-state index is 13.1. The van der Waals surface area contributed by atoms with Crippen molar-refractivity contribution in [3.8, 4) is 34.5 Å². The molecule has 10 heteroatoms. The van der Waals surface area contributed by atoms with Gasteiger partial charge in [-0.15, -0.1) is 0 Å². The maximum atomic E-state index is 13.1. The van der Waals surface area contributed by atoms with E-state index in [1.165, 1.54) is 31.7 Å². The van der Waals surface area contributed by atoms with Crippen LogP contribution in [-0.4, -0.2) is 71.6 Å². The summed E-state index contributed by atoms with van der Waals surface area (Å²) < 4.78 is 41.4. The van der Waals surface area contributed by atoms with Crippen LogP contribution in [0.25, 0.3) is 11.1 Å². The van der Waals surface area contributed by atoms with Gasteiger partial charge in [-0.3, -0.25) is 0 Å². The number of hydrogen-bond donors (Lipinski definition) is 1. The molecule has 4 aromatic carbocycles. The van der Waals surface area contributed by atoms with E-state index < -0.39 is 38.4 Å². The summed E-state index contributed by atoms with van der Waals surface area (Å²) in [5, 5.41) is 13.8. The average Bonchev–Trinajstić information content (AvgIpc) is 3.50.